The average Bonchev–Trinajstić information content (AvgIpc) is 2.94. The third-order valence-corrected chi connectivity index (χ3v) is 4.88. The summed E-state index contributed by atoms with van der Waals surface area (Å²) >= 11 is 0. The van der Waals surface area contributed by atoms with Crippen molar-refractivity contribution in [1.29, 1.82) is 0 Å². The molecule has 4 heteroatoms. The predicted molar refractivity (Wildman–Crippen MR) is 71.3 cm³/mol. The summed E-state index contributed by atoms with van der Waals surface area (Å²) < 4.78 is 0. The van der Waals surface area contributed by atoms with E-state index in [2.05, 4.69) is 5.32 Å². The molecule has 2 fully saturated rings. The molecule has 0 unspecified atom stereocenters. The molecule has 19 heavy (non-hydrogen) atoms. The highest BCUT2D eigenvalue weighted by Crippen LogP contribution is 2.51. The van der Waals surface area contributed by atoms with E-state index in [9.17, 15) is 15.3 Å². The van der Waals surface area contributed by atoms with Crippen LogP contribution in [0.15, 0.2) is 30.3 Å². The first kappa shape index (κ1) is 13.1. The third kappa shape index (κ3) is 2.09. The Morgan fingerprint density at radius 3 is 2.58 bits per heavy atom. The van der Waals surface area contributed by atoms with E-state index in [0.717, 1.165) is 18.4 Å². The standard InChI is InChI=1S/C15H21NO3/c17-9-11-6-15(7-12(11)13(18)14(15)19)16-8-10-4-2-1-3-5-10/h1-5,11-14,16-19H,6-9H2/t11-,12+,13+,14-,15-/m0/s1. The van der Waals surface area contributed by atoms with E-state index in [0.29, 0.717) is 6.54 Å². The van der Waals surface area contributed by atoms with Gasteiger partial charge in [0, 0.05) is 18.7 Å². The summed E-state index contributed by atoms with van der Waals surface area (Å²) in [6.45, 7) is 0.763. The molecule has 0 heterocycles. The predicted octanol–water partition coefficient (Wildman–Crippen LogP) is 0.269. The lowest BCUT2D eigenvalue weighted by atomic mass is 9.82. The molecule has 0 aliphatic heterocycles. The van der Waals surface area contributed by atoms with Gasteiger partial charge in [0.2, 0.25) is 0 Å². The van der Waals surface area contributed by atoms with Gasteiger partial charge < -0.3 is 20.6 Å². The van der Waals surface area contributed by atoms with Gasteiger partial charge in [0.1, 0.15) is 0 Å². The average molecular weight is 263 g/mol. The molecule has 2 aliphatic carbocycles. The fraction of sp³-hybridized carbons (Fsp3) is 0.600. The Morgan fingerprint density at radius 1 is 1.16 bits per heavy atom. The molecular weight excluding hydrogens is 242 g/mol. The molecule has 3 rings (SSSR count). The van der Waals surface area contributed by atoms with Gasteiger partial charge in [-0.05, 0) is 30.2 Å². The summed E-state index contributed by atoms with van der Waals surface area (Å²) in [5.41, 5.74) is 0.724. The SMILES string of the molecule is OC[C@@H]1C[C@]2(NCc3ccccc3)C[C@H]1[C@@H](O)[C@@H]2O. The molecule has 1 aromatic rings. The Bertz CT molecular complexity index is 432. The highest BCUT2D eigenvalue weighted by molar-refractivity contribution is 5.19. The Kier molecular flexibility index (Phi) is 3.35. The smallest absolute Gasteiger partial charge is 0.0983 e. The fourth-order valence-electron chi connectivity index (χ4n) is 3.81. The zero-order valence-electron chi connectivity index (χ0n) is 10.9. The Balaban J connectivity index is 1.72. The molecule has 0 saturated heterocycles. The van der Waals surface area contributed by atoms with Gasteiger partial charge in [-0.3, -0.25) is 0 Å². The van der Waals surface area contributed by atoms with Crippen molar-refractivity contribution in [2.75, 3.05) is 6.61 Å². The molecule has 1 aromatic carbocycles. The Labute approximate surface area is 113 Å². The van der Waals surface area contributed by atoms with Crippen molar-refractivity contribution in [1.82, 2.24) is 5.32 Å². The second kappa shape index (κ2) is 4.87. The lowest BCUT2D eigenvalue weighted by molar-refractivity contribution is -0.0581. The minimum atomic E-state index is -0.732. The van der Waals surface area contributed by atoms with E-state index in [1.807, 2.05) is 30.3 Å². The molecule has 4 nitrogen and oxygen atoms in total. The highest BCUT2D eigenvalue weighted by Gasteiger charge is 2.60. The van der Waals surface area contributed by atoms with Crippen LogP contribution >= 0.6 is 0 Å². The van der Waals surface area contributed by atoms with Crippen LogP contribution in [0.2, 0.25) is 0 Å². The maximum atomic E-state index is 10.2. The van der Waals surface area contributed by atoms with Crippen LogP contribution in [0.5, 0.6) is 0 Å². The van der Waals surface area contributed by atoms with Crippen LogP contribution in [0.25, 0.3) is 0 Å². The van der Waals surface area contributed by atoms with Gasteiger partial charge in [0.05, 0.1) is 12.2 Å². The van der Waals surface area contributed by atoms with Gasteiger partial charge in [-0.2, -0.15) is 0 Å². The van der Waals surface area contributed by atoms with E-state index in [1.54, 1.807) is 0 Å². The zero-order chi connectivity index (χ0) is 13.5. The monoisotopic (exact) mass is 263 g/mol. The molecule has 2 aliphatic rings. The quantitative estimate of drug-likeness (QED) is 0.629. The van der Waals surface area contributed by atoms with Crippen molar-refractivity contribution < 1.29 is 15.3 Å². The molecule has 104 valence electrons. The molecule has 0 radical (unpaired) electrons. The molecule has 0 spiro atoms. The van der Waals surface area contributed by atoms with Crippen molar-refractivity contribution in [3.05, 3.63) is 35.9 Å². The van der Waals surface area contributed by atoms with Gasteiger partial charge in [-0.25, -0.2) is 0 Å². The second-order valence-corrected chi connectivity index (χ2v) is 5.95. The Hall–Kier alpha value is -0.940. The summed E-state index contributed by atoms with van der Waals surface area (Å²) in [5, 5.41) is 33.1. The van der Waals surface area contributed by atoms with Crippen molar-refractivity contribution in [2.24, 2.45) is 11.8 Å². The van der Waals surface area contributed by atoms with Gasteiger partial charge in [-0.1, -0.05) is 30.3 Å². The number of fused-ring (bicyclic) bond motifs is 2. The van der Waals surface area contributed by atoms with Gasteiger partial charge in [0.25, 0.3) is 0 Å². The van der Waals surface area contributed by atoms with Gasteiger partial charge >= 0.3 is 0 Å². The topological polar surface area (TPSA) is 72.7 Å². The summed E-state index contributed by atoms with van der Waals surface area (Å²) in [6, 6.07) is 10.0. The molecule has 0 aromatic heterocycles. The van der Waals surface area contributed by atoms with Crippen molar-refractivity contribution in [3.8, 4) is 0 Å². The van der Waals surface area contributed by atoms with E-state index < -0.39 is 17.7 Å². The van der Waals surface area contributed by atoms with Crippen LogP contribution in [0.1, 0.15) is 18.4 Å². The first-order valence-electron chi connectivity index (χ1n) is 6.92. The normalized spacial score (nSPS) is 40.8. The van der Waals surface area contributed by atoms with Crippen LogP contribution in [0.4, 0.5) is 0 Å². The van der Waals surface area contributed by atoms with E-state index in [-0.39, 0.29) is 18.4 Å². The lowest BCUT2D eigenvalue weighted by Crippen LogP contribution is -2.55. The molecule has 5 atom stereocenters. The first-order valence-corrected chi connectivity index (χ1v) is 6.92. The second-order valence-electron chi connectivity index (χ2n) is 5.95. The number of nitrogens with one attached hydrogen (secondary N) is 1. The van der Waals surface area contributed by atoms with Crippen LogP contribution in [0.3, 0.4) is 0 Å². The summed E-state index contributed by atoms with van der Waals surface area (Å²) in [4.78, 5) is 0. The number of hydrogen-bond acceptors (Lipinski definition) is 4. The van der Waals surface area contributed by atoms with Crippen LogP contribution < -0.4 is 5.32 Å². The summed E-state index contributed by atoms with van der Waals surface area (Å²) in [7, 11) is 0. The minimum absolute atomic E-state index is 0.0169. The molecule has 0 amide bonds. The fourth-order valence-corrected chi connectivity index (χ4v) is 3.81. The molecular formula is C15H21NO3. The number of aliphatic hydroxyl groups excluding tert-OH is 3. The van der Waals surface area contributed by atoms with Gasteiger partial charge in [0.15, 0.2) is 0 Å². The number of hydrogen-bond donors (Lipinski definition) is 4. The third-order valence-electron chi connectivity index (χ3n) is 4.88. The van der Waals surface area contributed by atoms with Crippen LogP contribution in [-0.2, 0) is 6.54 Å². The number of benzene rings is 1. The zero-order valence-corrected chi connectivity index (χ0v) is 10.9. The Morgan fingerprint density at radius 2 is 1.89 bits per heavy atom. The molecule has 2 bridgehead atoms. The van der Waals surface area contributed by atoms with Crippen LogP contribution in [0, 0.1) is 11.8 Å². The van der Waals surface area contributed by atoms with Crippen LogP contribution in [-0.4, -0.2) is 39.7 Å². The lowest BCUT2D eigenvalue weighted by Gasteiger charge is -2.37. The van der Waals surface area contributed by atoms with Crippen molar-refractivity contribution >= 4 is 0 Å². The molecule has 2 saturated carbocycles. The summed E-state index contributed by atoms with van der Waals surface area (Å²) in [5.74, 6) is 0.116. The van der Waals surface area contributed by atoms with E-state index >= 15 is 0 Å². The van der Waals surface area contributed by atoms with E-state index in [4.69, 9.17) is 0 Å². The first-order chi connectivity index (χ1) is 9.16. The minimum Gasteiger partial charge on any atom is -0.396 e. The van der Waals surface area contributed by atoms with Gasteiger partial charge in [-0.15, -0.1) is 0 Å². The number of rotatable bonds is 4. The largest absolute Gasteiger partial charge is 0.396 e. The maximum Gasteiger partial charge on any atom is 0.0983 e. The molecule has 4 N–H and O–H groups in total. The van der Waals surface area contributed by atoms with E-state index in [1.165, 1.54) is 0 Å². The van der Waals surface area contributed by atoms with Crippen molar-refractivity contribution in [3.63, 3.8) is 0 Å². The number of aliphatic hydroxyl groups is 3. The maximum absolute atomic E-state index is 10.2. The summed E-state index contributed by atoms with van der Waals surface area (Å²) in [6.07, 6.45) is 0.0327. The highest BCUT2D eigenvalue weighted by atomic mass is 16.3. The van der Waals surface area contributed by atoms with Crippen molar-refractivity contribution in [2.45, 2.75) is 37.1 Å².